The Labute approximate surface area is 116 Å². The largest absolute Gasteiger partial charge is 0.385 e. The number of hydrogen-bond donors (Lipinski definition) is 1. The zero-order valence-corrected chi connectivity index (χ0v) is 12.7. The summed E-state index contributed by atoms with van der Waals surface area (Å²) in [5.41, 5.74) is 1.82. The topological polar surface area (TPSA) is 39.1 Å². The van der Waals surface area contributed by atoms with E-state index in [9.17, 15) is 0 Å². The molecule has 108 valence electrons. The maximum Gasteiger partial charge on any atom is 0.0948 e. The van der Waals surface area contributed by atoms with Gasteiger partial charge in [-0.15, -0.1) is 0 Å². The van der Waals surface area contributed by atoms with Gasteiger partial charge >= 0.3 is 0 Å². The number of imidazole rings is 1. The molecule has 19 heavy (non-hydrogen) atoms. The van der Waals surface area contributed by atoms with Gasteiger partial charge in [0.2, 0.25) is 0 Å². The van der Waals surface area contributed by atoms with Crippen LogP contribution in [0, 0.1) is 5.41 Å². The van der Waals surface area contributed by atoms with E-state index in [1.807, 2.05) is 12.5 Å². The van der Waals surface area contributed by atoms with Gasteiger partial charge in [0.25, 0.3) is 0 Å². The van der Waals surface area contributed by atoms with Gasteiger partial charge in [0, 0.05) is 44.1 Å². The van der Waals surface area contributed by atoms with Crippen molar-refractivity contribution in [2.24, 2.45) is 5.41 Å². The van der Waals surface area contributed by atoms with E-state index < -0.39 is 0 Å². The molecule has 1 fully saturated rings. The smallest absolute Gasteiger partial charge is 0.0948 e. The second-order valence-corrected chi connectivity index (χ2v) is 6.80. The molecule has 2 heterocycles. The Morgan fingerprint density at radius 2 is 2.32 bits per heavy atom. The van der Waals surface area contributed by atoms with Crippen LogP contribution in [0.1, 0.15) is 39.3 Å². The fraction of sp³-hybridized carbons (Fsp3) is 0.800. The van der Waals surface area contributed by atoms with Crippen LogP contribution in [0.2, 0.25) is 0 Å². The molecule has 0 aliphatic carbocycles. The highest BCUT2D eigenvalue weighted by atomic mass is 16.5. The van der Waals surface area contributed by atoms with Gasteiger partial charge in [-0.3, -0.25) is 0 Å². The zero-order valence-electron chi connectivity index (χ0n) is 12.7. The summed E-state index contributed by atoms with van der Waals surface area (Å²) >= 11 is 0. The second kappa shape index (κ2) is 5.63. The van der Waals surface area contributed by atoms with Crippen molar-refractivity contribution in [1.82, 2.24) is 14.9 Å². The minimum Gasteiger partial charge on any atom is -0.385 e. The van der Waals surface area contributed by atoms with Crippen molar-refractivity contribution in [3.63, 3.8) is 0 Å². The Bertz CT molecular complexity index is 405. The van der Waals surface area contributed by atoms with Gasteiger partial charge in [-0.05, 0) is 24.8 Å². The van der Waals surface area contributed by atoms with Crippen molar-refractivity contribution in [1.29, 1.82) is 0 Å². The summed E-state index contributed by atoms with van der Waals surface area (Å²) in [7, 11) is 1.77. The molecule has 1 saturated heterocycles. The summed E-state index contributed by atoms with van der Waals surface area (Å²) in [5.74, 6) is 0. The molecule has 2 rings (SSSR count). The van der Waals surface area contributed by atoms with Gasteiger partial charge in [0.15, 0.2) is 0 Å². The maximum atomic E-state index is 5.21. The third-order valence-corrected chi connectivity index (χ3v) is 4.28. The molecule has 0 saturated carbocycles. The molecule has 0 spiro atoms. The molecule has 4 nitrogen and oxygen atoms in total. The second-order valence-electron chi connectivity index (χ2n) is 6.80. The first-order chi connectivity index (χ1) is 8.97. The molecule has 1 N–H and O–H groups in total. The number of hydrogen-bond acceptors (Lipinski definition) is 3. The minimum atomic E-state index is 0.230. The Kier molecular flexibility index (Phi) is 4.31. The molecule has 1 atom stereocenters. The van der Waals surface area contributed by atoms with Crippen molar-refractivity contribution in [2.45, 2.75) is 45.6 Å². The minimum absolute atomic E-state index is 0.230. The number of rotatable bonds is 6. The molecule has 1 aromatic rings. The molecular formula is C15H27N3O. The maximum absolute atomic E-state index is 5.21. The normalized spacial score (nSPS) is 24.0. The van der Waals surface area contributed by atoms with Gasteiger partial charge in [0.1, 0.15) is 0 Å². The molecule has 1 aromatic heterocycles. The van der Waals surface area contributed by atoms with Crippen LogP contribution < -0.4 is 5.32 Å². The molecule has 1 unspecified atom stereocenters. The molecule has 4 heteroatoms. The average molecular weight is 265 g/mol. The van der Waals surface area contributed by atoms with E-state index in [4.69, 9.17) is 4.74 Å². The standard InChI is InChI=1S/C15H27N3O/c1-14(2,6-8-19-4)11-18-12-17-9-13(18)15(3)5-7-16-10-15/h9,12,16H,5-8,10-11H2,1-4H3. The summed E-state index contributed by atoms with van der Waals surface area (Å²) in [5, 5.41) is 3.46. The third kappa shape index (κ3) is 3.37. The van der Waals surface area contributed by atoms with E-state index >= 15 is 0 Å². The molecule has 0 aromatic carbocycles. The number of aromatic nitrogens is 2. The summed E-state index contributed by atoms with van der Waals surface area (Å²) in [6, 6.07) is 0. The molecular weight excluding hydrogens is 238 g/mol. The van der Waals surface area contributed by atoms with Crippen molar-refractivity contribution >= 4 is 0 Å². The van der Waals surface area contributed by atoms with Gasteiger partial charge in [-0.1, -0.05) is 20.8 Å². The van der Waals surface area contributed by atoms with Gasteiger partial charge < -0.3 is 14.6 Å². The summed E-state index contributed by atoms with van der Waals surface area (Å²) in [6.07, 6.45) is 6.28. The van der Waals surface area contributed by atoms with Crippen LogP contribution in [0.3, 0.4) is 0 Å². The third-order valence-electron chi connectivity index (χ3n) is 4.28. The van der Waals surface area contributed by atoms with Crippen molar-refractivity contribution in [3.05, 3.63) is 18.2 Å². The molecule has 0 amide bonds. The Morgan fingerprint density at radius 1 is 1.53 bits per heavy atom. The van der Waals surface area contributed by atoms with Crippen LogP contribution >= 0.6 is 0 Å². The average Bonchev–Trinajstić information content (AvgIpc) is 2.96. The lowest BCUT2D eigenvalue weighted by atomic mass is 9.85. The quantitative estimate of drug-likeness (QED) is 0.857. The highest BCUT2D eigenvalue weighted by Crippen LogP contribution is 2.32. The van der Waals surface area contributed by atoms with Crippen LogP contribution in [0.5, 0.6) is 0 Å². The van der Waals surface area contributed by atoms with E-state index in [2.05, 4.69) is 35.6 Å². The summed E-state index contributed by atoms with van der Waals surface area (Å²) < 4.78 is 7.55. The Balaban J connectivity index is 2.11. The SMILES string of the molecule is COCCC(C)(C)Cn1cncc1C1(C)CCNC1. The summed E-state index contributed by atoms with van der Waals surface area (Å²) in [6.45, 7) is 10.9. The number of nitrogens with one attached hydrogen (secondary N) is 1. The van der Waals surface area contributed by atoms with E-state index in [-0.39, 0.29) is 10.8 Å². The van der Waals surface area contributed by atoms with E-state index in [1.165, 1.54) is 12.1 Å². The van der Waals surface area contributed by atoms with Crippen LogP contribution in [0.4, 0.5) is 0 Å². The predicted molar refractivity (Wildman–Crippen MR) is 77.3 cm³/mol. The first-order valence-electron chi connectivity index (χ1n) is 7.17. The molecule has 1 aliphatic heterocycles. The first-order valence-corrected chi connectivity index (χ1v) is 7.17. The predicted octanol–water partition coefficient (Wildman–Crippen LogP) is 2.20. The van der Waals surface area contributed by atoms with Crippen LogP contribution in [-0.2, 0) is 16.7 Å². The highest BCUT2D eigenvalue weighted by molar-refractivity contribution is 5.17. The number of ether oxygens (including phenoxy) is 1. The van der Waals surface area contributed by atoms with Crippen LogP contribution in [0.15, 0.2) is 12.5 Å². The van der Waals surface area contributed by atoms with E-state index in [1.54, 1.807) is 7.11 Å². The lowest BCUT2D eigenvalue weighted by Gasteiger charge is -2.30. The van der Waals surface area contributed by atoms with Crippen molar-refractivity contribution in [2.75, 3.05) is 26.8 Å². The van der Waals surface area contributed by atoms with Crippen molar-refractivity contribution in [3.8, 4) is 0 Å². The Morgan fingerprint density at radius 3 is 2.95 bits per heavy atom. The van der Waals surface area contributed by atoms with Gasteiger partial charge in [-0.2, -0.15) is 0 Å². The van der Waals surface area contributed by atoms with Gasteiger partial charge in [0.05, 0.1) is 6.33 Å². The van der Waals surface area contributed by atoms with E-state index in [0.29, 0.717) is 0 Å². The zero-order chi connectivity index (χ0) is 13.9. The number of methoxy groups -OCH3 is 1. The lowest BCUT2D eigenvalue weighted by Crippen LogP contribution is -2.30. The lowest BCUT2D eigenvalue weighted by molar-refractivity contribution is 0.141. The monoisotopic (exact) mass is 265 g/mol. The van der Waals surface area contributed by atoms with E-state index in [0.717, 1.165) is 32.7 Å². The fourth-order valence-electron chi connectivity index (χ4n) is 2.90. The highest BCUT2D eigenvalue weighted by Gasteiger charge is 2.34. The number of nitrogens with zero attached hydrogens (tertiary/aromatic N) is 2. The van der Waals surface area contributed by atoms with Crippen LogP contribution in [-0.4, -0.2) is 36.4 Å². The fourth-order valence-corrected chi connectivity index (χ4v) is 2.90. The molecule has 0 bridgehead atoms. The molecule has 0 radical (unpaired) electrons. The first kappa shape index (κ1) is 14.5. The van der Waals surface area contributed by atoms with Gasteiger partial charge in [-0.25, -0.2) is 4.98 Å². The Hall–Kier alpha value is -0.870. The summed E-state index contributed by atoms with van der Waals surface area (Å²) in [4.78, 5) is 4.38. The van der Waals surface area contributed by atoms with Crippen molar-refractivity contribution < 1.29 is 4.74 Å². The molecule has 1 aliphatic rings. The van der Waals surface area contributed by atoms with Crippen LogP contribution in [0.25, 0.3) is 0 Å².